The summed E-state index contributed by atoms with van der Waals surface area (Å²) in [6.07, 6.45) is 1.87. The van der Waals surface area contributed by atoms with E-state index in [4.69, 9.17) is 16.3 Å². The first-order valence-corrected chi connectivity index (χ1v) is 5.95. The number of alkyl halides is 1. The van der Waals surface area contributed by atoms with Gasteiger partial charge in [-0.1, -0.05) is 6.92 Å². The quantitative estimate of drug-likeness (QED) is 0.503. The summed E-state index contributed by atoms with van der Waals surface area (Å²) in [5, 5.41) is 4.72. The number of rotatable bonds is 8. The van der Waals surface area contributed by atoms with E-state index in [2.05, 4.69) is 10.6 Å². The topological polar surface area (TPSA) is 67.4 Å². The minimum atomic E-state index is -0.481. The van der Waals surface area contributed by atoms with Crippen LogP contribution in [0.25, 0.3) is 0 Å². The molecule has 0 aromatic heterocycles. The van der Waals surface area contributed by atoms with E-state index in [0.717, 1.165) is 19.4 Å². The number of ether oxygens (including phenoxy) is 1. The summed E-state index contributed by atoms with van der Waals surface area (Å²) in [5.74, 6) is -0.154. The van der Waals surface area contributed by atoms with Gasteiger partial charge in [-0.05, 0) is 12.8 Å². The van der Waals surface area contributed by atoms with Crippen molar-refractivity contribution in [1.82, 2.24) is 10.6 Å². The Hall–Kier alpha value is -0.810. The predicted molar refractivity (Wildman–Crippen MR) is 62.6 cm³/mol. The van der Waals surface area contributed by atoms with Crippen molar-refractivity contribution in [3.63, 3.8) is 0 Å². The molecule has 3 amide bonds. The number of urea groups is 1. The Labute approximate surface area is 101 Å². The van der Waals surface area contributed by atoms with E-state index in [1.54, 1.807) is 0 Å². The molecule has 0 aliphatic heterocycles. The Balaban J connectivity index is 3.33. The lowest BCUT2D eigenvalue weighted by Crippen LogP contribution is -2.40. The first-order valence-electron chi connectivity index (χ1n) is 5.42. The summed E-state index contributed by atoms with van der Waals surface area (Å²) < 4.78 is 5.23. The van der Waals surface area contributed by atoms with Crippen molar-refractivity contribution < 1.29 is 14.3 Å². The molecule has 0 atom stereocenters. The lowest BCUT2D eigenvalue weighted by molar-refractivity contribution is -0.119. The molecule has 0 spiro atoms. The van der Waals surface area contributed by atoms with Gasteiger partial charge < -0.3 is 10.1 Å². The van der Waals surface area contributed by atoms with E-state index in [9.17, 15) is 9.59 Å². The Morgan fingerprint density at radius 3 is 2.69 bits per heavy atom. The highest BCUT2D eigenvalue weighted by Gasteiger charge is 2.05. The minimum absolute atomic E-state index is 0.147. The van der Waals surface area contributed by atoms with Crippen molar-refractivity contribution in [2.75, 3.05) is 25.6 Å². The smallest absolute Gasteiger partial charge is 0.321 e. The van der Waals surface area contributed by atoms with Crippen molar-refractivity contribution in [1.29, 1.82) is 0 Å². The summed E-state index contributed by atoms with van der Waals surface area (Å²) in [6.45, 7) is 3.88. The first-order chi connectivity index (χ1) is 7.70. The molecule has 0 fully saturated rings. The van der Waals surface area contributed by atoms with Gasteiger partial charge in [-0.15, -0.1) is 11.6 Å². The molecule has 0 aromatic rings. The van der Waals surface area contributed by atoms with Crippen LogP contribution in [0.5, 0.6) is 0 Å². The second kappa shape index (κ2) is 10.7. The number of imide groups is 1. The molecule has 0 aliphatic carbocycles. The molecule has 5 nitrogen and oxygen atoms in total. The van der Waals surface area contributed by atoms with E-state index in [-0.39, 0.29) is 18.2 Å². The number of amides is 3. The standard InChI is InChI=1S/C10H19ClN2O3/c1-2-7-16-8-3-6-12-10(15)13-9(14)4-5-11/h2-8H2,1H3,(H2,12,13,14,15). The highest BCUT2D eigenvalue weighted by Crippen LogP contribution is 1.85. The molecule has 0 aliphatic rings. The third kappa shape index (κ3) is 9.73. The number of hydrogen-bond donors (Lipinski definition) is 2. The SMILES string of the molecule is CCCOCCCNC(=O)NC(=O)CCCl. The van der Waals surface area contributed by atoms with E-state index >= 15 is 0 Å². The van der Waals surface area contributed by atoms with Crippen molar-refractivity contribution >= 4 is 23.5 Å². The second-order valence-electron chi connectivity index (χ2n) is 3.21. The molecular weight excluding hydrogens is 232 g/mol. The molecule has 0 saturated heterocycles. The Morgan fingerprint density at radius 2 is 2.06 bits per heavy atom. The number of hydrogen-bond acceptors (Lipinski definition) is 3. The highest BCUT2D eigenvalue weighted by atomic mass is 35.5. The molecular formula is C10H19ClN2O3. The van der Waals surface area contributed by atoms with E-state index in [1.807, 2.05) is 6.92 Å². The fraction of sp³-hybridized carbons (Fsp3) is 0.800. The average molecular weight is 251 g/mol. The van der Waals surface area contributed by atoms with E-state index in [1.165, 1.54) is 0 Å². The van der Waals surface area contributed by atoms with Crippen LogP contribution in [0.4, 0.5) is 4.79 Å². The molecule has 0 rings (SSSR count). The van der Waals surface area contributed by atoms with Crippen LogP contribution in [0, 0.1) is 0 Å². The second-order valence-corrected chi connectivity index (χ2v) is 3.59. The van der Waals surface area contributed by atoms with Crippen molar-refractivity contribution in [2.24, 2.45) is 0 Å². The van der Waals surface area contributed by atoms with Crippen LogP contribution < -0.4 is 10.6 Å². The maximum atomic E-state index is 11.1. The largest absolute Gasteiger partial charge is 0.381 e. The number of carbonyl (C=O) groups excluding carboxylic acids is 2. The van der Waals surface area contributed by atoms with Crippen LogP contribution in [0.1, 0.15) is 26.2 Å². The zero-order valence-electron chi connectivity index (χ0n) is 9.55. The van der Waals surface area contributed by atoms with E-state index in [0.29, 0.717) is 13.2 Å². The van der Waals surface area contributed by atoms with Crippen LogP contribution in [-0.2, 0) is 9.53 Å². The van der Waals surface area contributed by atoms with Gasteiger partial charge in [0, 0.05) is 32.1 Å². The van der Waals surface area contributed by atoms with E-state index < -0.39 is 6.03 Å². The van der Waals surface area contributed by atoms with Crippen LogP contribution in [-0.4, -0.2) is 37.6 Å². The zero-order chi connectivity index (χ0) is 12.2. The summed E-state index contributed by atoms with van der Waals surface area (Å²) in [7, 11) is 0. The fourth-order valence-electron chi connectivity index (χ4n) is 0.942. The molecule has 0 heterocycles. The monoisotopic (exact) mass is 250 g/mol. The number of nitrogens with one attached hydrogen (secondary N) is 2. The molecule has 0 aromatic carbocycles. The van der Waals surface area contributed by atoms with Crippen molar-refractivity contribution in [3.05, 3.63) is 0 Å². The minimum Gasteiger partial charge on any atom is -0.381 e. The molecule has 0 unspecified atom stereocenters. The van der Waals surface area contributed by atoms with Crippen LogP contribution in [0.3, 0.4) is 0 Å². The maximum Gasteiger partial charge on any atom is 0.321 e. The Morgan fingerprint density at radius 1 is 1.31 bits per heavy atom. The number of carbonyl (C=O) groups is 2. The van der Waals surface area contributed by atoms with Gasteiger partial charge in [-0.2, -0.15) is 0 Å². The Kier molecular flexibility index (Phi) is 10.2. The normalized spacial score (nSPS) is 9.88. The van der Waals surface area contributed by atoms with Crippen LogP contribution in [0.2, 0.25) is 0 Å². The summed E-state index contributed by atoms with van der Waals surface area (Å²) in [6, 6.07) is -0.481. The maximum absolute atomic E-state index is 11.1. The van der Waals surface area contributed by atoms with Crippen LogP contribution in [0.15, 0.2) is 0 Å². The predicted octanol–water partition coefficient (Wildman–Crippen LogP) is 1.26. The zero-order valence-corrected chi connectivity index (χ0v) is 10.3. The van der Waals surface area contributed by atoms with Crippen LogP contribution >= 0.6 is 11.6 Å². The van der Waals surface area contributed by atoms with Gasteiger partial charge in [-0.3, -0.25) is 10.1 Å². The molecule has 6 heteroatoms. The molecule has 2 N–H and O–H groups in total. The molecule has 0 saturated carbocycles. The molecule has 16 heavy (non-hydrogen) atoms. The van der Waals surface area contributed by atoms with Gasteiger partial charge in [0.2, 0.25) is 5.91 Å². The third-order valence-corrected chi connectivity index (χ3v) is 1.86. The van der Waals surface area contributed by atoms with Gasteiger partial charge in [0.25, 0.3) is 0 Å². The molecule has 0 radical (unpaired) electrons. The van der Waals surface area contributed by atoms with Gasteiger partial charge in [0.15, 0.2) is 0 Å². The van der Waals surface area contributed by atoms with Crippen molar-refractivity contribution in [2.45, 2.75) is 26.2 Å². The summed E-state index contributed by atoms with van der Waals surface area (Å²) >= 11 is 5.35. The highest BCUT2D eigenvalue weighted by molar-refractivity contribution is 6.19. The Bertz CT molecular complexity index is 212. The molecule has 94 valence electrons. The number of halogens is 1. The van der Waals surface area contributed by atoms with Gasteiger partial charge in [0.05, 0.1) is 0 Å². The van der Waals surface area contributed by atoms with Crippen molar-refractivity contribution in [3.8, 4) is 0 Å². The fourth-order valence-corrected chi connectivity index (χ4v) is 1.11. The molecule has 0 bridgehead atoms. The first kappa shape index (κ1) is 15.2. The summed E-state index contributed by atoms with van der Waals surface area (Å²) in [5.41, 5.74) is 0. The van der Waals surface area contributed by atoms with Gasteiger partial charge in [0.1, 0.15) is 0 Å². The lowest BCUT2D eigenvalue weighted by atomic mass is 10.4. The van der Waals surface area contributed by atoms with Gasteiger partial charge >= 0.3 is 6.03 Å². The summed E-state index contributed by atoms with van der Waals surface area (Å²) in [4.78, 5) is 22.0. The van der Waals surface area contributed by atoms with Gasteiger partial charge in [-0.25, -0.2) is 4.79 Å². The third-order valence-electron chi connectivity index (χ3n) is 1.67. The average Bonchev–Trinajstić information content (AvgIpc) is 2.23. The lowest BCUT2D eigenvalue weighted by Gasteiger charge is -2.06.